The van der Waals surface area contributed by atoms with Crippen molar-refractivity contribution in [2.45, 2.75) is 48.9 Å². The van der Waals surface area contributed by atoms with Gasteiger partial charge in [-0.25, -0.2) is 0 Å². The fourth-order valence-corrected chi connectivity index (χ4v) is 12.9. The Labute approximate surface area is 283 Å². The molecule has 5 aromatic carbocycles. The average Bonchev–Trinajstić information content (AvgIpc) is 3.58. The fourth-order valence-electron chi connectivity index (χ4n) is 12.9. The second kappa shape index (κ2) is 9.08. The zero-order chi connectivity index (χ0) is 31.2. The molecule has 1 aliphatic heterocycles. The summed E-state index contributed by atoms with van der Waals surface area (Å²) in [5, 5.41) is 0. The summed E-state index contributed by atoms with van der Waals surface area (Å²) in [6.07, 6.45) is 17.1. The maximum absolute atomic E-state index is 6.61. The van der Waals surface area contributed by atoms with Gasteiger partial charge < -0.3 is 4.74 Å². The molecule has 4 saturated carbocycles. The van der Waals surface area contributed by atoms with Gasteiger partial charge >= 0.3 is 0 Å². The molecule has 232 valence electrons. The number of benzene rings is 5. The van der Waals surface area contributed by atoms with E-state index in [2.05, 4.69) is 133 Å². The normalized spacial score (nSPS) is 31.2. The number of allylic oxidation sites excluding steroid dienone is 4. The van der Waals surface area contributed by atoms with Gasteiger partial charge in [-0.15, -0.1) is 0 Å². The third kappa shape index (κ3) is 3.02. The number of hydrogen-bond donors (Lipinski definition) is 0. The van der Waals surface area contributed by atoms with Crippen LogP contribution in [0.2, 0.25) is 0 Å². The molecular formula is C47H38O. The monoisotopic (exact) mass is 618 g/mol. The maximum Gasteiger partial charge on any atom is 0.132 e. The van der Waals surface area contributed by atoms with Gasteiger partial charge in [0, 0.05) is 22.5 Å². The quantitative estimate of drug-likeness (QED) is 0.178. The van der Waals surface area contributed by atoms with Gasteiger partial charge in [0.2, 0.25) is 0 Å². The van der Waals surface area contributed by atoms with Crippen LogP contribution >= 0.6 is 0 Å². The molecule has 4 fully saturated rings. The van der Waals surface area contributed by atoms with Gasteiger partial charge in [0.05, 0.1) is 5.41 Å². The first-order chi connectivity index (χ1) is 23.7. The van der Waals surface area contributed by atoms with Gasteiger partial charge in [0.1, 0.15) is 11.5 Å². The molecule has 7 aliphatic carbocycles. The van der Waals surface area contributed by atoms with Crippen molar-refractivity contribution in [3.05, 3.63) is 167 Å². The van der Waals surface area contributed by atoms with Crippen molar-refractivity contribution in [2.24, 2.45) is 29.6 Å². The van der Waals surface area contributed by atoms with E-state index in [0.717, 1.165) is 35.2 Å². The van der Waals surface area contributed by atoms with E-state index in [1.54, 1.807) is 11.1 Å². The molecule has 0 amide bonds. The standard InChI is InChI=1S/C47H38O/c1-3-11-38-34(9-1)36-19-17-30(26-42(36)46(38)32-22-28-21-29(24-32)25-33(46)23-28)31-18-20-37-35-10-2-4-12-39(35)47(43(37)27-31)40-13-5-7-15-44(40)48-45-16-8-6-14-41(45)47/h1-20,26-29,32-34,38H,21-25H2. The molecule has 2 unspecified atom stereocenters. The molecule has 8 aliphatic rings. The molecule has 2 spiro atoms. The van der Waals surface area contributed by atoms with E-state index in [0.29, 0.717) is 11.8 Å². The number of fused-ring (bicyclic) bond motifs is 12. The Bertz CT molecular complexity index is 2190. The van der Waals surface area contributed by atoms with E-state index < -0.39 is 5.41 Å². The lowest BCUT2D eigenvalue weighted by Gasteiger charge is -2.63. The van der Waals surface area contributed by atoms with Gasteiger partial charge in [-0.1, -0.05) is 115 Å². The summed E-state index contributed by atoms with van der Waals surface area (Å²) < 4.78 is 6.61. The molecule has 0 N–H and O–H groups in total. The molecule has 1 heteroatoms. The summed E-state index contributed by atoms with van der Waals surface area (Å²) in [7, 11) is 0. The van der Waals surface area contributed by atoms with Gasteiger partial charge in [-0.05, 0) is 124 Å². The summed E-state index contributed by atoms with van der Waals surface area (Å²) in [4.78, 5) is 0. The SMILES string of the molecule is C1=CC2c3ccc(-c4ccc5c(c4)C4(c6ccccc6Oc6ccccc64)c4ccccc4-5)cc3C3(C4CC5CC(C4)CC3C5)C2C=C1. The van der Waals surface area contributed by atoms with Crippen LogP contribution < -0.4 is 4.74 Å². The first-order valence-corrected chi connectivity index (χ1v) is 18.4. The first-order valence-electron chi connectivity index (χ1n) is 18.4. The van der Waals surface area contributed by atoms with Crippen LogP contribution in [-0.4, -0.2) is 0 Å². The highest BCUT2D eigenvalue weighted by Gasteiger charge is 2.64. The molecule has 5 aromatic rings. The van der Waals surface area contributed by atoms with Crippen LogP contribution in [0, 0.1) is 29.6 Å². The van der Waals surface area contributed by atoms with E-state index in [4.69, 9.17) is 4.74 Å². The Balaban J connectivity index is 1.09. The van der Waals surface area contributed by atoms with Crippen LogP contribution in [-0.2, 0) is 10.8 Å². The highest BCUT2D eigenvalue weighted by Crippen LogP contribution is 2.71. The molecule has 0 aromatic heterocycles. The Hall–Kier alpha value is -4.62. The van der Waals surface area contributed by atoms with Crippen LogP contribution in [0.15, 0.2) is 133 Å². The van der Waals surface area contributed by atoms with Crippen LogP contribution in [0.1, 0.15) is 71.4 Å². The molecule has 4 bridgehead atoms. The topological polar surface area (TPSA) is 9.23 Å². The van der Waals surface area contributed by atoms with Crippen LogP contribution in [0.4, 0.5) is 0 Å². The van der Waals surface area contributed by atoms with E-state index in [9.17, 15) is 0 Å². The molecule has 13 rings (SSSR count). The summed E-state index contributed by atoms with van der Waals surface area (Å²) in [6, 6.07) is 41.5. The van der Waals surface area contributed by atoms with Crippen molar-refractivity contribution in [2.75, 3.05) is 0 Å². The minimum absolute atomic E-state index is 0.289. The lowest BCUT2D eigenvalue weighted by molar-refractivity contribution is -0.0761. The van der Waals surface area contributed by atoms with Crippen molar-refractivity contribution in [1.29, 1.82) is 0 Å². The van der Waals surface area contributed by atoms with E-state index in [-0.39, 0.29) is 5.41 Å². The smallest absolute Gasteiger partial charge is 0.132 e. The van der Waals surface area contributed by atoms with Crippen LogP contribution in [0.3, 0.4) is 0 Å². The lowest BCUT2D eigenvalue weighted by atomic mass is 9.41. The molecule has 1 heterocycles. The van der Waals surface area contributed by atoms with Crippen molar-refractivity contribution in [1.82, 2.24) is 0 Å². The second-order valence-corrected chi connectivity index (χ2v) is 16.0. The molecular weight excluding hydrogens is 581 g/mol. The zero-order valence-corrected chi connectivity index (χ0v) is 27.1. The number of hydrogen-bond acceptors (Lipinski definition) is 1. The van der Waals surface area contributed by atoms with E-state index in [1.807, 2.05) is 0 Å². The Morgan fingerprint density at radius 1 is 0.500 bits per heavy atom. The fraction of sp³-hybridized carbons (Fsp3) is 0.277. The van der Waals surface area contributed by atoms with Crippen molar-refractivity contribution in [3.63, 3.8) is 0 Å². The molecule has 0 saturated heterocycles. The van der Waals surface area contributed by atoms with Crippen molar-refractivity contribution >= 4 is 0 Å². The highest BCUT2D eigenvalue weighted by molar-refractivity contribution is 5.90. The maximum atomic E-state index is 6.61. The van der Waals surface area contributed by atoms with Crippen molar-refractivity contribution < 1.29 is 4.74 Å². The van der Waals surface area contributed by atoms with E-state index in [1.165, 1.54) is 76.6 Å². The first kappa shape index (κ1) is 26.3. The summed E-state index contributed by atoms with van der Waals surface area (Å²) >= 11 is 0. The van der Waals surface area contributed by atoms with Crippen LogP contribution in [0.25, 0.3) is 22.3 Å². The molecule has 1 nitrogen and oxygen atoms in total. The molecule has 48 heavy (non-hydrogen) atoms. The van der Waals surface area contributed by atoms with Crippen molar-refractivity contribution in [3.8, 4) is 33.8 Å². The van der Waals surface area contributed by atoms with Gasteiger partial charge in [0.15, 0.2) is 0 Å². The Kier molecular flexibility index (Phi) is 4.99. The molecule has 2 atom stereocenters. The van der Waals surface area contributed by atoms with E-state index >= 15 is 0 Å². The second-order valence-electron chi connectivity index (χ2n) is 16.0. The zero-order valence-electron chi connectivity index (χ0n) is 27.1. The predicted molar refractivity (Wildman–Crippen MR) is 192 cm³/mol. The van der Waals surface area contributed by atoms with Gasteiger partial charge in [-0.3, -0.25) is 0 Å². The Morgan fingerprint density at radius 2 is 1.08 bits per heavy atom. The molecule has 0 radical (unpaired) electrons. The number of para-hydroxylation sites is 2. The third-order valence-corrected chi connectivity index (χ3v) is 14.2. The lowest BCUT2D eigenvalue weighted by Crippen LogP contribution is -2.57. The van der Waals surface area contributed by atoms with Gasteiger partial charge in [-0.2, -0.15) is 0 Å². The highest BCUT2D eigenvalue weighted by atomic mass is 16.5. The summed E-state index contributed by atoms with van der Waals surface area (Å²) in [5.74, 6) is 6.60. The largest absolute Gasteiger partial charge is 0.457 e. The minimum atomic E-state index is -0.433. The summed E-state index contributed by atoms with van der Waals surface area (Å²) in [6.45, 7) is 0. The van der Waals surface area contributed by atoms with Crippen LogP contribution in [0.5, 0.6) is 11.5 Å². The number of rotatable bonds is 1. The minimum Gasteiger partial charge on any atom is -0.457 e. The third-order valence-electron chi connectivity index (χ3n) is 14.2. The Morgan fingerprint density at radius 3 is 1.81 bits per heavy atom. The predicted octanol–water partition coefficient (Wildman–Crippen LogP) is 11.4. The average molecular weight is 619 g/mol. The number of ether oxygens (including phenoxy) is 1. The van der Waals surface area contributed by atoms with Gasteiger partial charge in [0.25, 0.3) is 0 Å². The summed E-state index contributed by atoms with van der Waals surface area (Å²) in [5.41, 5.74) is 13.7.